The fourth-order valence-corrected chi connectivity index (χ4v) is 6.01. The van der Waals surface area contributed by atoms with E-state index in [4.69, 9.17) is 4.74 Å². The summed E-state index contributed by atoms with van der Waals surface area (Å²) in [5.74, 6) is -2.06. The highest BCUT2D eigenvalue weighted by Gasteiger charge is 2.23. The van der Waals surface area contributed by atoms with Gasteiger partial charge < -0.3 is 15.4 Å². The summed E-state index contributed by atoms with van der Waals surface area (Å²) in [6.07, 6.45) is 0.819. The summed E-state index contributed by atoms with van der Waals surface area (Å²) >= 11 is 0. The average molecular weight is 603 g/mol. The second-order valence-corrected chi connectivity index (χ2v) is 11.7. The van der Waals surface area contributed by atoms with Crippen LogP contribution in [-0.2, 0) is 27.1 Å². The van der Waals surface area contributed by atoms with Crippen LogP contribution in [0.25, 0.3) is 22.2 Å². The Hall–Kier alpha value is -4.01. The van der Waals surface area contributed by atoms with Crippen LogP contribution in [0.2, 0.25) is 0 Å². The van der Waals surface area contributed by atoms with E-state index < -0.39 is 39.1 Å². The van der Waals surface area contributed by atoms with Crippen molar-refractivity contribution in [2.75, 3.05) is 36.8 Å². The van der Waals surface area contributed by atoms with Crippen LogP contribution in [-0.4, -0.2) is 62.0 Å². The molecule has 0 spiro atoms. The molecule has 42 heavy (non-hydrogen) atoms. The van der Waals surface area contributed by atoms with E-state index in [1.54, 1.807) is 0 Å². The molecule has 0 amide bonds. The van der Waals surface area contributed by atoms with Crippen LogP contribution in [0.4, 0.5) is 24.8 Å². The third-order valence-corrected chi connectivity index (χ3v) is 8.05. The van der Waals surface area contributed by atoms with Crippen molar-refractivity contribution < 1.29 is 26.3 Å². The number of alkyl halides is 1. The van der Waals surface area contributed by atoms with Crippen LogP contribution in [0.5, 0.6) is 0 Å². The lowest BCUT2D eigenvalue weighted by Crippen LogP contribution is -2.44. The summed E-state index contributed by atoms with van der Waals surface area (Å²) in [6, 6.07) is 10.4. The van der Waals surface area contributed by atoms with E-state index in [-0.39, 0.29) is 54.1 Å². The van der Waals surface area contributed by atoms with Crippen molar-refractivity contribution in [3.05, 3.63) is 82.3 Å². The molecule has 2 aromatic heterocycles. The number of aromatic nitrogens is 3. The number of rotatable bonds is 10. The van der Waals surface area contributed by atoms with E-state index in [1.807, 2.05) is 0 Å². The predicted octanol–water partition coefficient (Wildman–Crippen LogP) is 3.44. The summed E-state index contributed by atoms with van der Waals surface area (Å²) in [4.78, 5) is 22.4. The second-order valence-electron chi connectivity index (χ2n) is 9.96. The van der Waals surface area contributed by atoms with E-state index in [0.29, 0.717) is 24.0 Å². The van der Waals surface area contributed by atoms with Gasteiger partial charge >= 0.3 is 0 Å². The first-order valence-corrected chi connectivity index (χ1v) is 14.8. The van der Waals surface area contributed by atoms with Crippen molar-refractivity contribution >= 4 is 32.7 Å². The van der Waals surface area contributed by atoms with E-state index in [2.05, 4.69) is 25.3 Å². The van der Waals surface area contributed by atoms with Crippen LogP contribution >= 0.6 is 0 Å². The van der Waals surface area contributed by atoms with Gasteiger partial charge in [-0.15, -0.1) is 0 Å². The number of methoxy groups -OCH3 is 1. The number of fused-ring (bicyclic) bond motifs is 1. The number of anilines is 2. The van der Waals surface area contributed by atoms with Gasteiger partial charge in [-0.3, -0.25) is 14.1 Å². The molecule has 0 bridgehead atoms. The molecular formula is C28H29F3N6O4S. The van der Waals surface area contributed by atoms with Crippen molar-refractivity contribution in [3.63, 3.8) is 0 Å². The van der Waals surface area contributed by atoms with Gasteiger partial charge in [-0.05, 0) is 29.8 Å². The van der Waals surface area contributed by atoms with E-state index in [0.717, 1.165) is 12.1 Å². The van der Waals surface area contributed by atoms with Crippen molar-refractivity contribution in [1.29, 1.82) is 0 Å². The number of pyridine rings is 1. The van der Waals surface area contributed by atoms with Gasteiger partial charge in [0.25, 0.3) is 5.56 Å². The van der Waals surface area contributed by atoms with Gasteiger partial charge in [-0.2, -0.15) is 4.98 Å². The molecule has 5 rings (SSSR count). The molecule has 0 aliphatic carbocycles. The fraction of sp³-hybridized carbons (Fsp3) is 0.321. The van der Waals surface area contributed by atoms with E-state index in [1.165, 1.54) is 54.3 Å². The number of sulfonamides is 1. The molecule has 10 nitrogen and oxygen atoms in total. The Kier molecular flexibility index (Phi) is 8.75. The average Bonchev–Trinajstić information content (AvgIpc) is 2.95. The van der Waals surface area contributed by atoms with Gasteiger partial charge in [0, 0.05) is 55.4 Å². The Balaban J connectivity index is 1.45. The van der Waals surface area contributed by atoms with Gasteiger partial charge in [-0.25, -0.2) is 26.6 Å². The largest absolute Gasteiger partial charge is 0.383 e. The lowest BCUT2D eigenvalue weighted by Gasteiger charge is -2.26. The minimum absolute atomic E-state index is 0.0580. The normalized spacial score (nSPS) is 17.3. The number of benzene rings is 2. The highest BCUT2D eigenvalue weighted by molar-refractivity contribution is 7.91. The van der Waals surface area contributed by atoms with Gasteiger partial charge in [0.05, 0.1) is 24.6 Å². The highest BCUT2D eigenvalue weighted by Crippen LogP contribution is 2.26. The van der Waals surface area contributed by atoms with Crippen LogP contribution in [0, 0.1) is 11.6 Å². The number of nitrogens with zero attached hydrogens (tertiary/aromatic N) is 3. The Labute approximate surface area is 240 Å². The van der Waals surface area contributed by atoms with Crippen molar-refractivity contribution in [2.24, 2.45) is 0 Å². The number of hydrogen-bond donors (Lipinski definition) is 3. The number of halogens is 3. The maximum atomic E-state index is 15.1. The van der Waals surface area contributed by atoms with Gasteiger partial charge in [0.15, 0.2) is 0 Å². The zero-order valence-corrected chi connectivity index (χ0v) is 23.4. The summed E-state index contributed by atoms with van der Waals surface area (Å²) in [6.45, 7) is 1.16. The maximum Gasteiger partial charge on any atom is 0.260 e. The first-order chi connectivity index (χ1) is 20.1. The monoisotopic (exact) mass is 602 g/mol. The molecule has 1 aliphatic rings. The van der Waals surface area contributed by atoms with Crippen molar-refractivity contribution in [2.45, 2.75) is 30.9 Å². The van der Waals surface area contributed by atoms with Crippen LogP contribution in [0.1, 0.15) is 12.0 Å². The minimum Gasteiger partial charge on any atom is -0.383 e. The van der Waals surface area contributed by atoms with Gasteiger partial charge in [0.1, 0.15) is 23.5 Å². The first-order valence-electron chi connectivity index (χ1n) is 13.2. The van der Waals surface area contributed by atoms with Crippen LogP contribution in [0.3, 0.4) is 0 Å². The minimum atomic E-state index is -4.14. The zero-order valence-electron chi connectivity index (χ0n) is 22.6. The Morgan fingerprint density at radius 2 is 1.93 bits per heavy atom. The fourth-order valence-electron chi connectivity index (χ4n) is 4.80. The molecule has 2 aromatic carbocycles. The zero-order chi connectivity index (χ0) is 29.9. The molecule has 4 aromatic rings. The van der Waals surface area contributed by atoms with Crippen molar-refractivity contribution in [3.8, 4) is 11.1 Å². The SMILES string of the molecule is COCCn1c(=O)c(-c2ccc(NS(=O)(=O)Cc3ccccc3F)c(F)c2)cc2cnc(N[C@@H]3CNC[C@@H](F)C3)nc21. The van der Waals surface area contributed by atoms with Crippen molar-refractivity contribution in [1.82, 2.24) is 19.9 Å². The first kappa shape index (κ1) is 29.5. The number of ether oxygens (including phenoxy) is 1. The highest BCUT2D eigenvalue weighted by atomic mass is 32.2. The van der Waals surface area contributed by atoms with Crippen LogP contribution < -0.4 is 20.9 Å². The summed E-state index contributed by atoms with van der Waals surface area (Å²) in [5.41, 5.74) is -0.220. The standard InChI is InChI=1S/C28H29F3N6O4S/c1-41-9-8-37-26-19(13-33-28(35-26)34-21-12-20(29)14-32-15-21)10-22(27(37)38)17-6-7-25(24(31)11-17)36-42(39,40)16-18-4-2-3-5-23(18)30/h2-7,10-11,13,20-21,32,36H,8-9,12,14-16H2,1H3,(H,33,34,35)/t20-,21-/m0/s1. The number of piperidine rings is 1. The molecule has 14 heteroatoms. The van der Waals surface area contributed by atoms with Gasteiger partial charge in [0.2, 0.25) is 16.0 Å². The smallest absolute Gasteiger partial charge is 0.260 e. The lowest BCUT2D eigenvalue weighted by atomic mass is 10.1. The molecule has 1 fully saturated rings. The topological polar surface area (TPSA) is 127 Å². The van der Waals surface area contributed by atoms with E-state index >= 15 is 4.39 Å². The molecule has 222 valence electrons. The lowest BCUT2D eigenvalue weighted by molar-refractivity contribution is 0.187. The summed E-state index contributed by atoms with van der Waals surface area (Å²) in [5, 5.41) is 6.60. The molecule has 0 saturated carbocycles. The summed E-state index contributed by atoms with van der Waals surface area (Å²) < 4.78 is 76.8. The number of hydrogen-bond acceptors (Lipinski definition) is 8. The summed E-state index contributed by atoms with van der Waals surface area (Å²) in [7, 11) is -2.65. The molecule has 1 aliphatic heterocycles. The van der Waals surface area contributed by atoms with Crippen LogP contribution in [0.15, 0.2) is 59.5 Å². The molecular weight excluding hydrogens is 573 g/mol. The third-order valence-electron chi connectivity index (χ3n) is 6.82. The molecule has 0 radical (unpaired) electrons. The molecule has 3 heterocycles. The third kappa shape index (κ3) is 6.72. The molecule has 2 atom stereocenters. The Morgan fingerprint density at radius 3 is 2.67 bits per heavy atom. The second kappa shape index (κ2) is 12.5. The molecule has 1 saturated heterocycles. The number of nitrogens with one attached hydrogen (secondary N) is 3. The molecule has 0 unspecified atom stereocenters. The maximum absolute atomic E-state index is 15.1. The Morgan fingerprint density at radius 1 is 1.12 bits per heavy atom. The molecule has 3 N–H and O–H groups in total. The van der Waals surface area contributed by atoms with E-state index in [9.17, 15) is 22.0 Å². The Bertz CT molecular complexity index is 1770. The quantitative estimate of drug-likeness (QED) is 0.252. The predicted molar refractivity (Wildman–Crippen MR) is 154 cm³/mol. The van der Waals surface area contributed by atoms with Gasteiger partial charge in [-0.1, -0.05) is 24.3 Å².